The molecule has 0 N–H and O–H groups in total. The third-order valence-electron chi connectivity index (χ3n) is 3.59. The first kappa shape index (κ1) is 12.0. The number of carbonyl (C=O) groups is 1. The van der Waals surface area contributed by atoms with Crippen molar-refractivity contribution in [2.45, 2.75) is 31.8 Å². The van der Waals surface area contributed by atoms with Gasteiger partial charge in [0.15, 0.2) is 12.2 Å². The van der Waals surface area contributed by atoms with Crippen LogP contribution in [0.4, 0.5) is 0 Å². The predicted octanol–water partition coefficient (Wildman–Crippen LogP) is 3.44. The molecule has 1 aliphatic carbocycles. The van der Waals surface area contributed by atoms with Crippen molar-refractivity contribution in [3.63, 3.8) is 0 Å². The smallest absolute Gasteiger partial charge is 0.338 e. The second-order valence-corrected chi connectivity index (χ2v) is 5.14. The Labute approximate surface area is 111 Å². The Balaban J connectivity index is 1.73. The molecule has 19 heavy (non-hydrogen) atoms. The Morgan fingerprint density at radius 2 is 2.05 bits per heavy atom. The van der Waals surface area contributed by atoms with Gasteiger partial charge in [-0.3, -0.25) is 0 Å². The molecule has 1 aliphatic rings. The third-order valence-corrected chi connectivity index (χ3v) is 3.59. The minimum atomic E-state index is -0.263. The summed E-state index contributed by atoms with van der Waals surface area (Å²) in [5.74, 6) is 0.428. The SMILES string of the molecule is CC1(OC(=O)c2ccc(-c3cnco3)cc2)CCC1. The summed E-state index contributed by atoms with van der Waals surface area (Å²) in [6, 6.07) is 7.17. The number of esters is 1. The van der Waals surface area contributed by atoms with Gasteiger partial charge < -0.3 is 9.15 Å². The highest BCUT2D eigenvalue weighted by atomic mass is 16.6. The van der Waals surface area contributed by atoms with Gasteiger partial charge in [0.05, 0.1) is 11.8 Å². The number of hydrogen-bond donors (Lipinski definition) is 0. The van der Waals surface area contributed by atoms with Crippen molar-refractivity contribution >= 4 is 5.97 Å². The monoisotopic (exact) mass is 257 g/mol. The number of ether oxygens (including phenoxy) is 1. The maximum absolute atomic E-state index is 12.0. The van der Waals surface area contributed by atoms with Crippen LogP contribution < -0.4 is 0 Å². The summed E-state index contributed by atoms with van der Waals surface area (Å²) in [5.41, 5.74) is 1.20. The highest BCUT2D eigenvalue weighted by molar-refractivity contribution is 5.90. The molecule has 0 aliphatic heterocycles. The summed E-state index contributed by atoms with van der Waals surface area (Å²) in [4.78, 5) is 15.9. The van der Waals surface area contributed by atoms with Crippen molar-refractivity contribution in [3.05, 3.63) is 42.4 Å². The fraction of sp³-hybridized carbons (Fsp3) is 0.333. The molecule has 4 heteroatoms. The van der Waals surface area contributed by atoms with Crippen LogP contribution in [0.2, 0.25) is 0 Å². The minimum absolute atomic E-state index is 0.258. The number of benzene rings is 1. The summed E-state index contributed by atoms with van der Waals surface area (Å²) in [5, 5.41) is 0. The summed E-state index contributed by atoms with van der Waals surface area (Å²) >= 11 is 0. The van der Waals surface area contributed by atoms with Crippen LogP contribution in [0.3, 0.4) is 0 Å². The molecule has 2 aromatic rings. The van der Waals surface area contributed by atoms with Crippen LogP contribution in [0.15, 0.2) is 41.3 Å². The first-order valence-electron chi connectivity index (χ1n) is 6.39. The molecule has 98 valence electrons. The van der Waals surface area contributed by atoms with E-state index < -0.39 is 0 Å². The van der Waals surface area contributed by atoms with Gasteiger partial charge in [0.25, 0.3) is 0 Å². The molecule has 3 rings (SSSR count). The van der Waals surface area contributed by atoms with E-state index in [2.05, 4.69) is 4.98 Å². The standard InChI is InChI=1S/C15H15NO3/c1-15(7-2-8-15)19-14(17)12-5-3-11(4-6-12)13-9-16-10-18-13/h3-6,9-10H,2,7-8H2,1H3. The van der Waals surface area contributed by atoms with Crippen molar-refractivity contribution < 1.29 is 13.9 Å². The van der Waals surface area contributed by atoms with Gasteiger partial charge in [0.2, 0.25) is 0 Å². The van der Waals surface area contributed by atoms with E-state index in [0.29, 0.717) is 11.3 Å². The van der Waals surface area contributed by atoms with Crippen molar-refractivity contribution in [1.29, 1.82) is 0 Å². The first-order valence-corrected chi connectivity index (χ1v) is 6.39. The normalized spacial score (nSPS) is 16.7. The van der Waals surface area contributed by atoms with Crippen molar-refractivity contribution in [2.24, 2.45) is 0 Å². The average molecular weight is 257 g/mol. The lowest BCUT2D eigenvalue weighted by Gasteiger charge is -2.37. The molecule has 0 radical (unpaired) electrons. The number of oxazole rings is 1. The molecule has 1 aromatic heterocycles. The minimum Gasteiger partial charge on any atom is -0.456 e. The van der Waals surface area contributed by atoms with Crippen LogP contribution in [0, 0.1) is 0 Å². The van der Waals surface area contributed by atoms with Crippen LogP contribution in [0.5, 0.6) is 0 Å². The number of hydrogen-bond acceptors (Lipinski definition) is 4. The zero-order chi connectivity index (χ0) is 13.3. The molecule has 1 saturated carbocycles. The second kappa shape index (κ2) is 4.53. The van der Waals surface area contributed by atoms with E-state index in [4.69, 9.17) is 9.15 Å². The van der Waals surface area contributed by atoms with E-state index in [1.54, 1.807) is 18.3 Å². The quantitative estimate of drug-likeness (QED) is 0.790. The number of aromatic nitrogens is 1. The average Bonchev–Trinajstić information content (AvgIpc) is 2.91. The van der Waals surface area contributed by atoms with Crippen molar-refractivity contribution in [2.75, 3.05) is 0 Å². The van der Waals surface area contributed by atoms with Crippen LogP contribution in [0.25, 0.3) is 11.3 Å². The Morgan fingerprint density at radius 3 is 2.58 bits per heavy atom. The van der Waals surface area contributed by atoms with Gasteiger partial charge in [0, 0.05) is 5.56 Å². The number of rotatable bonds is 3. The second-order valence-electron chi connectivity index (χ2n) is 5.14. The van der Waals surface area contributed by atoms with Gasteiger partial charge in [0.1, 0.15) is 5.60 Å². The summed E-state index contributed by atoms with van der Waals surface area (Å²) in [6.45, 7) is 1.98. The Bertz CT molecular complexity index is 568. The lowest BCUT2D eigenvalue weighted by Crippen LogP contribution is -2.38. The lowest BCUT2D eigenvalue weighted by molar-refractivity contribution is -0.0498. The summed E-state index contributed by atoms with van der Waals surface area (Å²) < 4.78 is 10.7. The van der Waals surface area contributed by atoms with Gasteiger partial charge >= 0.3 is 5.97 Å². The first-order chi connectivity index (χ1) is 9.16. The molecule has 0 spiro atoms. The molecule has 0 amide bonds. The molecular formula is C15H15NO3. The molecule has 0 atom stereocenters. The van der Waals surface area contributed by atoms with E-state index >= 15 is 0 Å². The van der Waals surface area contributed by atoms with Crippen LogP contribution >= 0.6 is 0 Å². The predicted molar refractivity (Wildman–Crippen MR) is 69.6 cm³/mol. The van der Waals surface area contributed by atoms with Gasteiger partial charge in [-0.15, -0.1) is 0 Å². The third kappa shape index (κ3) is 2.38. The van der Waals surface area contributed by atoms with E-state index in [0.717, 1.165) is 24.8 Å². The van der Waals surface area contributed by atoms with E-state index in [9.17, 15) is 4.79 Å². The van der Waals surface area contributed by atoms with Gasteiger partial charge in [-0.05, 0) is 38.3 Å². The molecule has 0 bridgehead atoms. The van der Waals surface area contributed by atoms with Crippen LogP contribution in [-0.4, -0.2) is 16.6 Å². The molecule has 4 nitrogen and oxygen atoms in total. The van der Waals surface area contributed by atoms with E-state index in [1.165, 1.54) is 6.39 Å². The maximum Gasteiger partial charge on any atom is 0.338 e. The highest BCUT2D eigenvalue weighted by Crippen LogP contribution is 2.35. The zero-order valence-electron chi connectivity index (χ0n) is 10.8. The van der Waals surface area contributed by atoms with Crippen LogP contribution in [-0.2, 0) is 4.74 Å². The topological polar surface area (TPSA) is 52.3 Å². The Hall–Kier alpha value is -2.10. The highest BCUT2D eigenvalue weighted by Gasteiger charge is 2.35. The number of nitrogens with zero attached hydrogens (tertiary/aromatic N) is 1. The summed E-state index contributed by atoms with van der Waals surface area (Å²) in [6.07, 6.45) is 6.07. The fourth-order valence-electron chi connectivity index (χ4n) is 2.19. The molecule has 1 heterocycles. The zero-order valence-corrected chi connectivity index (χ0v) is 10.8. The lowest BCUT2D eigenvalue weighted by atomic mass is 9.82. The van der Waals surface area contributed by atoms with Gasteiger partial charge in [-0.1, -0.05) is 12.1 Å². The molecular weight excluding hydrogens is 242 g/mol. The largest absolute Gasteiger partial charge is 0.456 e. The van der Waals surface area contributed by atoms with Gasteiger partial charge in [-0.2, -0.15) is 0 Å². The molecule has 0 saturated heterocycles. The van der Waals surface area contributed by atoms with Gasteiger partial charge in [-0.25, -0.2) is 9.78 Å². The maximum atomic E-state index is 12.0. The molecule has 1 fully saturated rings. The fourth-order valence-corrected chi connectivity index (χ4v) is 2.19. The molecule has 1 aromatic carbocycles. The van der Waals surface area contributed by atoms with Crippen molar-refractivity contribution in [1.82, 2.24) is 4.98 Å². The summed E-state index contributed by atoms with van der Waals surface area (Å²) in [7, 11) is 0. The molecule has 0 unspecified atom stereocenters. The van der Waals surface area contributed by atoms with E-state index in [-0.39, 0.29) is 11.6 Å². The number of carbonyl (C=O) groups excluding carboxylic acids is 1. The van der Waals surface area contributed by atoms with Crippen molar-refractivity contribution in [3.8, 4) is 11.3 Å². The Kier molecular flexibility index (Phi) is 2.85. The van der Waals surface area contributed by atoms with E-state index in [1.807, 2.05) is 19.1 Å². The van der Waals surface area contributed by atoms with Crippen LogP contribution in [0.1, 0.15) is 36.5 Å². The Morgan fingerprint density at radius 1 is 1.32 bits per heavy atom.